The Morgan fingerprint density at radius 2 is 2.14 bits per heavy atom. The first kappa shape index (κ1) is 10.4. The minimum absolute atomic E-state index is 0.755. The van der Waals surface area contributed by atoms with E-state index in [0.717, 1.165) is 31.1 Å². The van der Waals surface area contributed by atoms with Gasteiger partial charge in [-0.1, -0.05) is 13.8 Å². The average Bonchev–Trinajstić information content (AvgIpc) is 1.99. The van der Waals surface area contributed by atoms with Gasteiger partial charge in [0.05, 0.1) is 19.3 Å². The van der Waals surface area contributed by atoms with Crippen molar-refractivity contribution in [2.45, 2.75) is 39.2 Å². The Balaban J connectivity index is 1.77. The highest BCUT2D eigenvalue weighted by atomic mass is 16.5. The lowest BCUT2D eigenvalue weighted by atomic mass is 9.89. The molecule has 2 nitrogen and oxygen atoms in total. The number of rotatable bonds is 3. The lowest BCUT2D eigenvalue weighted by molar-refractivity contribution is -0.0771. The Morgan fingerprint density at radius 1 is 1.36 bits per heavy atom. The number of likely N-dealkylation sites (tertiary alicyclic amines) is 1. The molecule has 0 radical (unpaired) electrons. The van der Waals surface area contributed by atoms with Gasteiger partial charge < -0.3 is 4.74 Å². The van der Waals surface area contributed by atoms with Crippen molar-refractivity contribution in [1.82, 2.24) is 4.90 Å². The fourth-order valence-electron chi connectivity index (χ4n) is 2.72. The maximum atomic E-state index is 5.26. The third kappa shape index (κ3) is 2.48. The highest BCUT2D eigenvalue weighted by molar-refractivity contribution is 4.82. The Labute approximate surface area is 87.6 Å². The molecule has 1 atom stereocenters. The molecule has 2 aliphatic rings. The zero-order valence-corrected chi connectivity index (χ0v) is 9.54. The summed E-state index contributed by atoms with van der Waals surface area (Å²) in [6.07, 6.45) is 4.25. The lowest BCUT2D eigenvalue weighted by Crippen LogP contribution is -2.52. The highest BCUT2D eigenvalue weighted by Gasteiger charge is 2.30. The van der Waals surface area contributed by atoms with Gasteiger partial charge in [0.25, 0.3) is 0 Å². The summed E-state index contributed by atoms with van der Waals surface area (Å²) in [7, 11) is 0. The van der Waals surface area contributed by atoms with E-state index in [2.05, 4.69) is 18.7 Å². The van der Waals surface area contributed by atoms with Gasteiger partial charge in [-0.05, 0) is 37.6 Å². The van der Waals surface area contributed by atoms with Gasteiger partial charge >= 0.3 is 0 Å². The van der Waals surface area contributed by atoms with Gasteiger partial charge in [0.15, 0.2) is 0 Å². The maximum Gasteiger partial charge on any atom is 0.0645 e. The summed E-state index contributed by atoms with van der Waals surface area (Å²) >= 11 is 0. The van der Waals surface area contributed by atoms with E-state index < -0.39 is 0 Å². The maximum absolute atomic E-state index is 5.26. The summed E-state index contributed by atoms with van der Waals surface area (Å²) in [4.78, 5) is 2.65. The van der Waals surface area contributed by atoms with Crippen LogP contribution in [0.1, 0.15) is 33.1 Å². The van der Waals surface area contributed by atoms with Crippen LogP contribution >= 0.6 is 0 Å². The third-order valence-electron chi connectivity index (χ3n) is 3.49. The molecule has 0 aromatic heterocycles. The molecule has 0 aromatic carbocycles. The van der Waals surface area contributed by atoms with E-state index in [1.807, 2.05) is 0 Å². The molecule has 2 aliphatic heterocycles. The Morgan fingerprint density at radius 3 is 2.71 bits per heavy atom. The molecule has 0 saturated carbocycles. The minimum Gasteiger partial charge on any atom is -0.378 e. The van der Waals surface area contributed by atoms with Crippen LogP contribution in [0, 0.1) is 11.8 Å². The van der Waals surface area contributed by atoms with Gasteiger partial charge in [-0.3, -0.25) is 4.90 Å². The van der Waals surface area contributed by atoms with E-state index in [4.69, 9.17) is 4.74 Å². The molecule has 0 aromatic rings. The molecule has 82 valence electrons. The van der Waals surface area contributed by atoms with Gasteiger partial charge in [0.2, 0.25) is 0 Å². The van der Waals surface area contributed by atoms with Crippen LogP contribution < -0.4 is 0 Å². The average molecular weight is 197 g/mol. The minimum atomic E-state index is 0.755. The molecule has 0 bridgehead atoms. The molecule has 2 heterocycles. The molecule has 0 spiro atoms. The molecule has 0 amide bonds. The fourth-order valence-corrected chi connectivity index (χ4v) is 2.72. The number of hydrogen-bond acceptors (Lipinski definition) is 2. The van der Waals surface area contributed by atoms with Crippen molar-refractivity contribution in [3.05, 3.63) is 0 Å². The second-order valence-electron chi connectivity index (χ2n) is 5.32. The highest BCUT2D eigenvalue weighted by Crippen LogP contribution is 2.25. The van der Waals surface area contributed by atoms with Gasteiger partial charge in [0, 0.05) is 6.54 Å². The van der Waals surface area contributed by atoms with Crippen LogP contribution in [0.2, 0.25) is 0 Å². The largest absolute Gasteiger partial charge is 0.378 e. The van der Waals surface area contributed by atoms with Crippen LogP contribution in [0.5, 0.6) is 0 Å². The monoisotopic (exact) mass is 197 g/mol. The quantitative estimate of drug-likeness (QED) is 0.687. The number of nitrogens with zero attached hydrogens (tertiary/aromatic N) is 1. The molecule has 2 heteroatoms. The van der Waals surface area contributed by atoms with E-state index in [1.54, 1.807) is 0 Å². The summed E-state index contributed by atoms with van der Waals surface area (Å²) in [6.45, 7) is 9.27. The summed E-state index contributed by atoms with van der Waals surface area (Å²) in [5, 5.41) is 0. The zero-order valence-electron chi connectivity index (χ0n) is 9.54. The van der Waals surface area contributed by atoms with Crippen LogP contribution in [0.15, 0.2) is 0 Å². The summed E-state index contributed by atoms with van der Waals surface area (Å²) in [6, 6.07) is 0.755. The Bertz CT molecular complexity index is 177. The fraction of sp³-hybridized carbons (Fsp3) is 1.00. The molecule has 2 saturated heterocycles. The van der Waals surface area contributed by atoms with Gasteiger partial charge in [-0.25, -0.2) is 0 Å². The molecular weight excluding hydrogens is 174 g/mol. The van der Waals surface area contributed by atoms with E-state index in [1.165, 1.54) is 32.4 Å². The number of piperidine rings is 1. The predicted molar refractivity (Wildman–Crippen MR) is 58.4 cm³/mol. The normalized spacial score (nSPS) is 30.6. The summed E-state index contributed by atoms with van der Waals surface area (Å²) in [5.74, 6) is 1.81. The van der Waals surface area contributed by atoms with Crippen LogP contribution in [0.3, 0.4) is 0 Å². The first-order chi connectivity index (χ1) is 6.75. The first-order valence-corrected chi connectivity index (χ1v) is 6.07. The molecule has 14 heavy (non-hydrogen) atoms. The van der Waals surface area contributed by atoms with Crippen molar-refractivity contribution >= 4 is 0 Å². The van der Waals surface area contributed by atoms with Crippen LogP contribution in [-0.4, -0.2) is 37.2 Å². The van der Waals surface area contributed by atoms with E-state index >= 15 is 0 Å². The molecule has 0 aliphatic carbocycles. The van der Waals surface area contributed by atoms with Crippen molar-refractivity contribution in [2.75, 3.05) is 26.3 Å². The molecular formula is C12H23NO. The van der Waals surface area contributed by atoms with Crippen molar-refractivity contribution in [3.63, 3.8) is 0 Å². The van der Waals surface area contributed by atoms with Gasteiger partial charge in [-0.2, -0.15) is 0 Å². The SMILES string of the molecule is CC(C)C[C@H]1CCCN(C2COC2)C1. The second-order valence-corrected chi connectivity index (χ2v) is 5.32. The summed E-state index contributed by atoms with van der Waals surface area (Å²) < 4.78 is 5.26. The van der Waals surface area contributed by atoms with Crippen molar-refractivity contribution < 1.29 is 4.74 Å². The predicted octanol–water partition coefficient (Wildman–Crippen LogP) is 2.14. The zero-order chi connectivity index (χ0) is 9.97. The second kappa shape index (κ2) is 4.63. The van der Waals surface area contributed by atoms with Crippen molar-refractivity contribution in [3.8, 4) is 0 Å². The standard InChI is InChI=1S/C12H23NO/c1-10(2)6-11-4-3-5-13(7-11)12-8-14-9-12/h10-12H,3-9H2,1-2H3/t11-/m1/s1. The van der Waals surface area contributed by atoms with Crippen LogP contribution in [0.25, 0.3) is 0 Å². The van der Waals surface area contributed by atoms with E-state index in [-0.39, 0.29) is 0 Å². The smallest absolute Gasteiger partial charge is 0.0645 e. The molecule has 2 rings (SSSR count). The number of ether oxygens (including phenoxy) is 1. The Hall–Kier alpha value is -0.0800. The van der Waals surface area contributed by atoms with E-state index in [9.17, 15) is 0 Å². The summed E-state index contributed by atoms with van der Waals surface area (Å²) in [5.41, 5.74) is 0. The van der Waals surface area contributed by atoms with Crippen LogP contribution in [-0.2, 0) is 4.74 Å². The molecule has 2 fully saturated rings. The molecule has 0 N–H and O–H groups in total. The van der Waals surface area contributed by atoms with Crippen molar-refractivity contribution in [2.24, 2.45) is 11.8 Å². The third-order valence-corrected chi connectivity index (χ3v) is 3.49. The van der Waals surface area contributed by atoms with Crippen molar-refractivity contribution in [1.29, 1.82) is 0 Å². The van der Waals surface area contributed by atoms with Gasteiger partial charge in [0.1, 0.15) is 0 Å². The van der Waals surface area contributed by atoms with Crippen LogP contribution in [0.4, 0.5) is 0 Å². The Kier molecular flexibility index (Phi) is 3.45. The lowest BCUT2D eigenvalue weighted by Gasteiger charge is -2.42. The topological polar surface area (TPSA) is 12.5 Å². The number of hydrogen-bond donors (Lipinski definition) is 0. The van der Waals surface area contributed by atoms with E-state index in [0.29, 0.717) is 0 Å². The molecule has 0 unspecified atom stereocenters. The van der Waals surface area contributed by atoms with Gasteiger partial charge in [-0.15, -0.1) is 0 Å². The first-order valence-electron chi connectivity index (χ1n) is 6.07.